The fourth-order valence-electron chi connectivity index (χ4n) is 2.67. The van der Waals surface area contributed by atoms with E-state index in [1.807, 2.05) is 54.6 Å². The number of halogens is 1. The molecule has 5 nitrogen and oxygen atoms in total. The molecule has 0 saturated heterocycles. The Hall–Kier alpha value is -3.05. The molecular weight excluding hydrogens is 336 g/mol. The van der Waals surface area contributed by atoms with Gasteiger partial charge in [-0.1, -0.05) is 17.7 Å². The second-order valence-corrected chi connectivity index (χ2v) is 5.97. The van der Waals surface area contributed by atoms with Gasteiger partial charge in [-0.3, -0.25) is 0 Å². The van der Waals surface area contributed by atoms with Crippen molar-refractivity contribution < 1.29 is 4.74 Å². The molecule has 4 aromatic rings. The molecule has 6 heteroatoms. The predicted octanol–water partition coefficient (Wildman–Crippen LogP) is 5.03. The normalized spacial score (nSPS) is 10.8. The second-order valence-electron chi connectivity index (χ2n) is 5.53. The molecule has 0 aliphatic carbocycles. The van der Waals surface area contributed by atoms with E-state index in [1.165, 1.54) is 6.33 Å². The second kappa shape index (κ2) is 6.45. The maximum absolute atomic E-state index is 6.05. The Kier molecular flexibility index (Phi) is 3.99. The zero-order chi connectivity index (χ0) is 17.2. The lowest BCUT2D eigenvalue weighted by molar-refractivity contribution is 0.415. The lowest BCUT2D eigenvalue weighted by Crippen LogP contribution is -1.94. The number of methoxy groups -OCH3 is 1. The highest BCUT2D eigenvalue weighted by Crippen LogP contribution is 2.29. The molecule has 2 N–H and O–H groups in total. The minimum Gasteiger partial charge on any atom is -0.497 e. The van der Waals surface area contributed by atoms with E-state index in [9.17, 15) is 0 Å². The predicted molar refractivity (Wildman–Crippen MR) is 101 cm³/mol. The number of ether oxygens (including phenoxy) is 1. The van der Waals surface area contributed by atoms with Crippen LogP contribution in [-0.4, -0.2) is 22.1 Å². The fourth-order valence-corrected chi connectivity index (χ4v) is 2.86. The van der Waals surface area contributed by atoms with Crippen LogP contribution in [0.3, 0.4) is 0 Å². The summed E-state index contributed by atoms with van der Waals surface area (Å²) < 4.78 is 5.21. The summed E-state index contributed by atoms with van der Waals surface area (Å²) in [6, 6.07) is 17.4. The van der Waals surface area contributed by atoms with Crippen LogP contribution in [0, 0.1) is 0 Å². The molecule has 0 amide bonds. The van der Waals surface area contributed by atoms with E-state index in [2.05, 4.69) is 20.3 Å². The van der Waals surface area contributed by atoms with E-state index in [-0.39, 0.29) is 0 Å². The number of H-pyrrole nitrogens is 1. The van der Waals surface area contributed by atoms with Gasteiger partial charge in [0.1, 0.15) is 23.5 Å². The number of benzene rings is 2. The quantitative estimate of drug-likeness (QED) is 0.541. The SMILES string of the molecule is COc1ccc(-c2cc3c(Nc4cccc(Cl)c4)ncnc3[nH]2)cc1. The molecule has 124 valence electrons. The summed E-state index contributed by atoms with van der Waals surface area (Å²) in [6.45, 7) is 0. The number of nitrogens with one attached hydrogen (secondary N) is 2. The third kappa shape index (κ3) is 3.14. The van der Waals surface area contributed by atoms with Crippen molar-refractivity contribution in [3.8, 4) is 17.0 Å². The molecule has 2 aromatic carbocycles. The van der Waals surface area contributed by atoms with Crippen molar-refractivity contribution in [1.29, 1.82) is 0 Å². The standard InChI is InChI=1S/C19H15ClN4O/c1-25-15-7-5-12(6-8-15)17-10-16-18(21-11-22-19(16)24-17)23-14-4-2-3-13(20)9-14/h2-11H,1H3,(H2,21,22,23,24). The van der Waals surface area contributed by atoms with Gasteiger partial charge in [0.05, 0.1) is 12.5 Å². The molecule has 0 saturated carbocycles. The first-order valence-corrected chi connectivity index (χ1v) is 8.11. The molecular formula is C19H15ClN4O. The average Bonchev–Trinajstić information content (AvgIpc) is 3.07. The summed E-state index contributed by atoms with van der Waals surface area (Å²) >= 11 is 6.05. The van der Waals surface area contributed by atoms with Gasteiger partial charge in [0, 0.05) is 16.4 Å². The van der Waals surface area contributed by atoms with Crippen molar-refractivity contribution in [2.45, 2.75) is 0 Å². The van der Waals surface area contributed by atoms with E-state index in [1.54, 1.807) is 7.11 Å². The lowest BCUT2D eigenvalue weighted by Gasteiger charge is -2.06. The first kappa shape index (κ1) is 15.5. The van der Waals surface area contributed by atoms with Crippen LogP contribution in [0.2, 0.25) is 5.02 Å². The van der Waals surface area contributed by atoms with Gasteiger partial charge in [-0.05, 0) is 54.1 Å². The van der Waals surface area contributed by atoms with Crippen LogP contribution in [0.4, 0.5) is 11.5 Å². The molecule has 0 atom stereocenters. The summed E-state index contributed by atoms with van der Waals surface area (Å²) in [5.74, 6) is 1.55. The van der Waals surface area contributed by atoms with Gasteiger partial charge in [0.15, 0.2) is 0 Å². The maximum Gasteiger partial charge on any atom is 0.143 e. The maximum atomic E-state index is 6.05. The van der Waals surface area contributed by atoms with E-state index >= 15 is 0 Å². The first-order chi connectivity index (χ1) is 12.2. The van der Waals surface area contributed by atoms with Crippen LogP contribution >= 0.6 is 11.6 Å². The zero-order valence-electron chi connectivity index (χ0n) is 13.5. The highest BCUT2D eigenvalue weighted by Gasteiger charge is 2.10. The van der Waals surface area contributed by atoms with Crippen molar-refractivity contribution in [1.82, 2.24) is 15.0 Å². The minimum atomic E-state index is 0.670. The van der Waals surface area contributed by atoms with Gasteiger partial charge in [0.2, 0.25) is 0 Å². The van der Waals surface area contributed by atoms with E-state index < -0.39 is 0 Å². The van der Waals surface area contributed by atoms with Crippen LogP contribution in [-0.2, 0) is 0 Å². The highest BCUT2D eigenvalue weighted by molar-refractivity contribution is 6.30. The van der Waals surface area contributed by atoms with Crippen molar-refractivity contribution in [2.75, 3.05) is 12.4 Å². The number of nitrogens with zero attached hydrogens (tertiary/aromatic N) is 2. The van der Waals surface area contributed by atoms with E-state index in [0.717, 1.165) is 39.5 Å². The van der Waals surface area contributed by atoms with Crippen LogP contribution < -0.4 is 10.1 Å². The number of rotatable bonds is 4. The lowest BCUT2D eigenvalue weighted by atomic mass is 10.1. The minimum absolute atomic E-state index is 0.670. The highest BCUT2D eigenvalue weighted by atomic mass is 35.5. The summed E-state index contributed by atoms with van der Waals surface area (Å²) in [7, 11) is 1.65. The Morgan fingerprint density at radius 3 is 2.64 bits per heavy atom. The van der Waals surface area contributed by atoms with Crippen LogP contribution in [0.1, 0.15) is 0 Å². The van der Waals surface area contributed by atoms with Gasteiger partial charge in [-0.15, -0.1) is 0 Å². The zero-order valence-corrected chi connectivity index (χ0v) is 14.2. The Morgan fingerprint density at radius 2 is 1.88 bits per heavy atom. The molecule has 2 aromatic heterocycles. The van der Waals surface area contributed by atoms with Gasteiger partial charge in [-0.25, -0.2) is 9.97 Å². The van der Waals surface area contributed by atoms with Crippen molar-refractivity contribution in [3.63, 3.8) is 0 Å². The number of hydrogen-bond donors (Lipinski definition) is 2. The molecule has 4 rings (SSSR count). The van der Waals surface area contributed by atoms with Crippen molar-refractivity contribution in [2.24, 2.45) is 0 Å². The van der Waals surface area contributed by atoms with Crippen LogP contribution in [0.25, 0.3) is 22.3 Å². The number of fused-ring (bicyclic) bond motifs is 1. The number of anilines is 2. The molecule has 0 aliphatic heterocycles. The molecule has 0 unspecified atom stereocenters. The first-order valence-electron chi connectivity index (χ1n) is 7.74. The van der Waals surface area contributed by atoms with Crippen LogP contribution in [0.15, 0.2) is 60.9 Å². The number of aromatic nitrogens is 3. The smallest absolute Gasteiger partial charge is 0.143 e. The van der Waals surface area contributed by atoms with Crippen molar-refractivity contribution >= 4 is 34.1 Å². The Labute approximate surface area is 149 Å². The summed E-state index contributed by atoms with van der Waals surface area (Å²) in [4.78, 5) is 12.0. The molecule has 0 fully saturated rings. The molecule has 0 spiro atoms. The summed E-state index contributed by atoms with van der Waals surface area (Å²) in [5, 5.41) is 4.88. The molecule has 0 aliphatic rings. The molecule has 2 heterocycles. The Balaban J connectivity index is 1.73. The largest absolute Gasteiger partial charge is 0.497 e. The summed E-state index contributed by atoms with van der Waals surface area (Å²) in [6.07, 6.45) is 1.53. The average molecular weight is 351 g/mol. The molecule has 25 heavy (non-hydrogen) atoms. The van der Waals surface area contributed by atoms with Gasteiger partial charge < -0.3 is 15.0 Å². The van der Waals surface area contributed by atoms with E-state index in [0.29, 0.717) is 5.02 Å². The van der Waals surface area contributed by atoms with E-state index in [4.69, 9.17) is 16.3 Å². The van der Waals surface area contributed by atoms with Gasteiger partial charge >= 0.3 is 0 Å². The summed E-state index contributed by atoms with van der Waals surface area (Å²) in [5.41, 5.74) is 3.66. The molecule has 0 bridgehead atoms. The van der Waals surface area contributed by atoms with Crippen molar-refractivity contribution in [3.05, 3.63) is 65.9 Å². The fraction of sp³-hybridized carbons (Fsp3) is 0.0526. The Morgan fingerprint density at radius 1 is 1.04 bits per heavy atom. The van der Waals surface area contributed by atoms with Gasteiger partial charge in [0.25, 0.3) is 0 Å². The monoisotopic (exact) mass is 350 g/mol. The van der Waals surface area contributed by atoms with Gasteiger partial charge in [-0.2, -0.15) is 0 Å². The molecule has 0 radical (unpaired) electrons. The number of aromatic amines is 1. The number of hydrogen-bond acceptors (Lipinski definition) is 4. The Bertz CT molecular complexity index is 1030. The van der Waals surface area contributed by atoms with Crippen LogP contribution in [0.5, 0.6) is 5.75 Å². The third-order valence-corrected chi connectivity index (χ3v) is 4.15. The topological polar surface area (TPSA) is 62.8 Å². The third-order valence-electron chi connectivity index (χ3n) is 3.91.